The van der Waals surface area contributed by atoms with Crippen molar-refractivity contribution in [1.82, 2.24) is 9.97 Å². The summed E-state index contributed by atoms with van der Waals surface area (Å²) < 4.78 is 0. The van der Waals surface area contributed by atoms with Crippen molar-refractivity contribution in [3.05, 3.63) is 45.3 Å². The van der Waals surface area contributed by atoms with E-state index >= 15 is 0 Å². The third kappa shape index (κ3) is 3.15. The van der Waals surface area contributed by atoms with Crippen LogP contribution in [-0.4, -0.2) is 21.0 Å². The fourth-order valence-corrected chi connectivity index (χ4v) is 2.64. The maximum absolute atomic E-state index is 10.8. The van der Waals surface area contributed by atoms with Gasteiger partial charge in [0, 0.05) is 22.3 Å². The molecule has 0 radical (unpaired) electrons. The molecule has 0 bridgehead atoms. The predicted molar refractivity (Wildman–Crippen MR) is 73.8 cm³/mol. The third-order valence-corrected chi connectivity index (χ3v) is 3.19. The minimum absolute atomic E-state index is 0.217. The first-order valence-corrected chi connectivity index (χ1v) is 6.28. The van der Waals surface area contributed by atoms with Gasteiger partial charge in [-0.05, 0) is 12.1 Å². The van der Waals surface area contributed by atoms with Gasteiger partial charge in [0.15, 0.2) is 0 Å². The highest BCUT2D eigenvalue weighted by Gasteiger charge is 2.16. The number of hydrogen-bond acceptors (Lipinski definition) is 3. The summed E-state index contributed by atoms with van der Waals surface area (Å²) in [6.07, 6.45) is 2.52. The predicted octanol–water partition coefficient (Wildman–Crippen LogP) is 3.73. The number of aromatic nitrogens is 2. The molecule has 1 aromatic carbocycles. The monoisotopic (exact) mass is 316 g/mol. The number of halogens is 3. The SMILES string of the molecule is O=C(O)Cc1cncnc1-c1c(Cl)cc(Cl)cc1Cl. The number of carboxylic acids is 1. The lowest BCUT2D eigenvalue weighted by Crippen LogP contribution is -2.04. The van der Waals surface area contributed by atoms with E-state index in [0.29, 0.717) is 31.9 Å². The van der Waals surface area contributed by atoms with Crippen LogP contribution in [0.25, 0.3) is 11.3 Å². The number of carboxylic acid groups (broad SMARTS) is 1. The van der Waals surface area contributed by atoms with E-state index in [-0.39, 0.29) is 6.42 Å². The summed E-state index contributed by atoms with van der Waals surface area (Å²) in [5.74, 6) is -0.989. The number of hydrogen-bond donors (Lipinski definition) is 1. The number of carbonyl (C=O) groups is 1. The second-order valence-electron chi connectivity index (χ2n) is 3.71. The van der Waals surface area contributed by atoms with Crippen LogP contribution in [0.15, 0.2) is 24.7 Å². The van der Waals surface area contributed by atoms with Crippen LogP contribution in [0, 0.1) is 0 Å². The van der Waals surface area contributed by atoms with Gasteiger partial charge in [-0.3, -0.25) is 4.79 Å². The van der Waals surface area contributed by atoms with Gasteiger partial charge < -0.3 is 5.11 Å². The third-order valence-electron chi connectivity index (χ3n) is 2.37. The van der Waals surface area contributed by atoms with Gasteiger partial charge in [-0.2, -0.15) is 0 Å². The van der Waals surface area contributed by atoms with E-state index in [0.717, 1.165) is 0 Å². The smallest absolute Gasteiger partial charge is 0.307 e. The Morgan fingerprint density at radius 2 is 1.84 bits per heavy atom. The first-order chi connectivity index (χ1) is 8.99. The second kappa shape index (κ2) is 5.74. The zero-order valence-corrected chi connectivity index (χ0v) is 11.7. The van der Waals surface area contributed by atoms with Crippen LogP contribution in [0.1, 0.15) is 5.56 Å². The van der Waals surface area contributed by atoms with Crippen molar-refractivity contribution in [3.8, 4) is 11.3 Å². The standard InChI is InChI=1S/C12H7Cl3N2O2/c13-7-2-8(14)11(9(15)3-7)12-6(1-10(18)19)4-16-5-17-12/h2-5H,1H2,(H,18,19). The maximum atomic E-state index is 10.8. The van der Waals surface area contributed by atoms with Gasteiger partial charge in [0.05, 0.1) is 22.2 Å². The van der Waals surface area contributed by atoms with E-state index < -0.39 is 5.97 Å². The summed E-state index contributed by atoms with van der Waals surface area (Å²) in [4.78, 5) is 18.7. The molecule has 0 unspecified atom stereocenters. The molecule has 7 heteroatoms. The van der Waals surface area contributed by atoms with Crippen molar-refractivity contribution in [2.75, 3.05) is 0 Å². The molecule has 19 heavy (non-hydrogen) atoms. The molecule has 0 saturated heterocycles. The summed E-state index contributed by atoms with van der Waals surface area (Å²) in [7, 11) is 0. The van der Waals surface area contributed by atoms with Gasteiger partial charge in [-0.1, -0.05) is 34.8 Å². The first kappa shape index (κ1) is 14.1. The molecular weight excluding hydrogens is 311 g/mol. The molecule has 2 rings (SSSR count). The molecule has 98 valence electrons. The van der Waals surface area contributed by atoms with Crippen LogP contribution in [-0.2, 0) is 11.2 Å². The van der Waals surface area contributed by atoms with E-state index in [1.54, 1.807) is 0 Å². The molecule has 1 aromatic heterocycles. The summed E-state index contributed by atoms with van der Waals surface area (Å²) in [5.41, 5.74) is 1.27. The van der Waals surface area contributed by atoms with E-state index in [2.05, 4.69) is 9.97 Å². The van der Waals surface area contributed by atoms with Crippen molar-refractivity contribution in [1.29, 1.82) is 0 Å². The molecule has 0 fully saturated rings. The Hall–Kier alpha value is -1.36. The highest BCUT2D eigenvalue weighted by atomic mass is 35.5. The number of aliphatic carboxylic acids is 1. The lowest BCUT2D eigenvalue weighted by Gasteiger charge is -2.10. The van der Waals surface area contributed by atoms with Crippen molar-refractivity contribution < 1.29 is 9.90 Å². The van der Waals surface area contributed by atoms with Gasteiger partial charge in [0.1, 0.15) is 6.33 Å². The van der Waals surface area contributed by atoms with Crippen LogP contribution < -0.4 is 0 Å². The van der Waals surface area contributed by atoms with E-state index in [4.69, 9.17) is 39.9 Å². The summed E-state index contributed by atoms with van der Waals surface area (Å²) in [5, 5.41) is 9.89. The molecule has 1 N–H and O–H groups in total. The van der Waals surface area contributed by atoms with Crippen LogP contribution in [0.2, 0.25) is 15.1 Å². The zero-order chi connectivity index (χ0) is 14.0. The van der Waals surface area contributed by atoms with Gasteiger partial charge in [0.2, 0.25) is 0 Å². The van der Waals surface area contributed by atoms with Gasteiger partial charge in [-0.25, -0.2) is 9.97 Å². The summed E-state index contributed by atoms with van der Waals surface area (Å²) >= 11 is 18.0. The van der Waals surface area contributed by atoms with Crippen molar-refractivity contribution in [2.45, 2.75) is 6.42 Å². The lowest BCUT2D eigenvalue weighted by atomic mass is 10.0. The van der Waals surface area contributed by atoms with Crippen molar-refractivity contribution in [3.63, 3.8) is 0 Å². The molecule has 0 amide bonds. The summed E-state index contributed by atoms with van der Waals surface area (Å²) in [6.45, 7) is 0. The number of rotatable bonds is 3. The average Bonchev–Trinajstić information content (AvgIpc) is 2.29. The maximum Gasteiger partial charge on any atom is 0.307 e. The Labute approximate surface area is 124 Å². The molecule has 0 aliphatic rings. The van der Waals surface area contributed by atoms with E-state index in [9.17, 15) is 4.79 Å². The Morgan fingerprint density at radius 3 is 2.42 bits per heavy atom. The largest absolute Gasteiger partial charge is 0.481 e. The average molecular weight is 318 g/mol. The molecule has 2 aromatic rings. The lowest BCUT2D eigenvalue weighted by molar-refractivity contribution is -0.136. The molecule has 0 aliphatic carbocycles. The number of nitrogens with zero attached hydrogens (tertiary/aromatic N) is 2. The summed E-state index contributed by atoms with van der Waals surface area (Å²) in [6, 6.07) is 3.05. The van der Waals surface area contributed by atoms with Crippen molar-refractivity contribution in [2.24, 2.45) is 0 Å². The highest BCUT2D eigenvalue weighted by molar-refractivity contribution is 6.41. The molecule has 0 spiro atoms. The molecule has 0 aliphatic heterocycles. The number of benzene rings is 1. The van der Waals surface area contributed by atoms with E-state index in [1.165, 1.54) is 24.7 Å². The molecule has 4 nitrogen and oxygen atoms in total. The van der Waals surface area contributed by atoms with E-state index in [1.807, 2.05) is 0 Å². The van der Waals surface area contributed by atoms with Crippen molar-refractivity contribution >= 4 is 40.8 Å². The van der Waals surface area contributed by atoms with Gasteiger partial charge >= 0.3 is 5.97 Å². The van der Waals surface area contributed by atoms with Crippen LogP contribution in [0.4, 0.5) is 0 Å². The Kier molecular flexibility index (Phi) is 4.24. The minimum Gasteiger partial charge on any atom is -0.481 e. The fourth-order valence-electron chi connectivity index (χ4n) is 1.64. The fraction of sp³-hybridized carbons (Fsp3) is 0.0833. The quantitative estimate of drug-likeness (QED) is 0.937. The molecule has 0 atom stereocenters. The minimum atomic E-state index is -0.989. The Morgan fingerprint density at radius 1 is 1.21 bits per heavy atom. The second-order valence-corrected chi connectivity index (χ2v) is 4.96. The topological polar surface area (TPSA) is 63.1 Å². The normalized spacial score (nSPS) is 10.5. The molecular formula is C12H7Cl3N2O2. The van der Waals surface area contributed by atoms with Crippen LogP contribution in [0.5, 0.6) is 0 Å². The Balaban J connectivity index is 2.62. The van der Waals surface area contributed by atoms with Crippen LogP contribution >= 0.6 is 34.8 Å². The molecule has 1 heterocycles. The zero-order valence-electron chi connectivity index (χ0n) is 9.40. The molecule has 0 saturated carbocycles. The van der Waals surface area contributed by atoms with Gasteiger partial charge in [-0.15, -0.1) is 0 Å². The Bertz CT molecular complexity index is 624. The van der Waals surface area contributed by atoms with Gasteiger partial charge in [0.25, 0.3) is 0 Å². The first-order valence-electron chi connectivity index (χ1n) is 5.14. The highest BCUT2D eigenvalue weighted by Crippen LogP contribution is 2.37. The van der Waals surface area contributed by atoms with Crippen LogP contribution in [0.3, 0.4) is 0 Å².